The fourth-order valence-electron chi connectivity index (χ4n) is 1.55. The molecule has 0 fully saturated rings. The molecule has 7 nitrogen and oxygen atoms in total. The molecule has 2 rings (SSSR count). The highest BCUT2D eigenvalue weighted by Gasteiger charge is 2.12. The number of ether oxygens (including phenoxy) is 1. The molecule has 0 spiro atoms. The number of rotatable bonds is 4. The number of nitrogens with one attached hydrogen (secondary N) is 2. The van der Waals surface area contributed by atoms with Crippen molar-refractivity contribution in [2.24, 2.45) is 10.2 Å². The highest BCUT2D eigenvalue weighted by Crippen LogP contribution is 2.18. The molecule has 0 saturated heterocycles. The summed E-state index contributed by atoms with van der Waals surface area (Å²) < 4.78 is 4.82. The number of H-pyrrole nitrogens is 2. The van der Waals surface area contributed by atoms with E-state index < -0.39 is 12.0 Å². The van der Waals surface area contributed by atoms with Gasteiger partial charge in [-0.3, -0.25) is 0 Å². The van der Waals surface area contributed by atoms with Crippen LogP contribution in [0, 0.1) is 0 Å². The third-order valence-electron chi connectivity index (χ3n) is 2.47. The van der Waals surface area contributed by atoms with Crippen LogP contribution in [0.25, 0.3) is 11.0 Å². The molecule has 0 aliphatic carbocycles. The van der Waals surface area contributed by atoms with Crippen LogP contribution in [0.1, 0.15) is 13.8 Å². The molecule has 2 N–H and O–H groups in total. The maximum absolute atomic E-state index is 11.4. The highest BCUT2D eigenvalue weighted by atomic mass is 16.5. The van der Waals surface area contributed by atoms with Crippen molar-refractivity contribution in [3.8, 4) is 0 Å². The standard InChI is InChI=1S/C12H14N4O3/c1-3-19-11(17)7(2)15-16-8-4-5-9-10(6-8)14-12(18)13-9/h4-7H,3H2,1-2H3,(H2,13,14,18). The smallest absolute Gasteiger partial charge is 0.332 e. The summed E-state index contributed by atoms with van der Waals surface area (Å²) in [5.74, 6) is -0.414. The lowest BCUT2D eigenvalue weighted by Gasteiger charge is -2.03. The second kappa shape index (κ2) is 5.47. The monoisotopic (exact) mass is 262 g/mol. The molecule has 1 heterocycles. The molecule has 100 valence electrons. The lowest BCUT2D eigenvalue weighted by atomic mass is 10.3. The molecule has 1 unspecified atom stereocenters. The molecule has 1 aromatic carbocycles. The van der Waals surface area contributed by atoms with Gasteiger partial charge < -0.3 is 14.7 Å². The van der Waals surface area contributed by atoms with Gasteiger partial charge in [-0.15, -0.1) is 0 Å². The molecule has 1 atom stereocenters. The first kappa shape index (κ1) is 13.0. The summed E-state index contributed by atoms with van der Waals surface area (Å²) in [6.45, 7) is 3.66. The average Bonchev–Trinajstić information content (AvgIpc) is 2.75. The van der Waals surface area contributed by atoms with Crippen LogP contribution in [0.15, 0.2) is 33.2 Å². The van der Waals surface area contributed by atoms with E-state index in [0.717, 1.165) is 0 Å². The number of hydrogen-bond acceptors (Lipinski definition) is 5. The number of hydrogen-bond donors (Lipinski definition) is 2. The predicted molar refractivity (Wildman–Crippen MR) is 69.5 cm³/mol. The molecule has 0 aliphatic heterocycles. The maximum Gasteiger partial charge on any atom is 0.332 e. The number of fused-ring (bicyclic) bond motifs is 1. The van der Waals surface area contributed by atoms with Crippen LogP contribution in [0.4, 0.5) is 5.69 Å². The molecule has 1 aromatic heterocycles. The molecule has 0 amide bonds. The van der Waals surface area contributed by atoms with Gasteiger partial charge in [0.25, 0.3) is 0 Å². The van der Waals surface area contributed by atoms with Crippen molar-refractivity contribution in [1.29, 1.82) is 0 Å². The number of benzene rings is 1. The number of carbonyl (C=O) groups is 1. The number of aromatic amines is 2. The van der Waals surface area contributed by atoms with Crippen LogP contribution >= 0.6 is 0 Å². The van der Waals surface area contributed by atoms with Crippen molar-refractivity contribution in [1.82, 2.24) is 9.97 Å². The van der Waals surface area contributed by atoms with Gasteiger partial charge in [-0.1, -0.05) is 0 Å². The van der Waals surface area contributed by atoms with Crippen LogP contribution in [0.2, 0.25) is 0 Å². The Morgan fingerprint density at radius 3 is 2.84 bits per heavy atom. The molecule has 2 aromatic rings. The van der Waals surface area contributed by atoms with Crippen molar-refractivity contribution in [3.05, 3.63) is 28.7 Å². The Bertz CT molecular complexity index is 671. The van der Waals surface area contributed by atoms with Crippen LogP contribution < -0.4 is 5.69 Å². The Kier molecular flexibility index (Phi) is 3.74. The predicted octanol–water partition coefficient (Wildman–Crippen LogP) is 1.89. The quantitative estimate of drug-likeness (QED) is 0.650. The van der Waals surface area contributed by atoms with Gasteiger partial charge in [0.1, 0.15) is 0 Å². The van der Waals surface area contributed by atoms with Gasteiger partial charge in [0.2, 0.25) is 0 Å². The second-order valence-corrected chi connectivity index (χ2v) is 3.95. The summed E-state index contributed by atoms with van der Waals surface area (Å²) in [6, 6.07) is 4.44. The maximum atomic E-state index is 11.4. The van der Waals surface area contributed by atoms with E-state index in [9.17, 15) is 9.59 Å². The van der Waals surface area contributed by atoms with Crippen molar-refractivity contribution in [2.75, 3.05) is 6.61 Å². The first-order valence-electron chi connectivity index (χ1n) is 5.89. The zero-order chi connectivity index (χ0) is 13.8. The summed E-state index contributed by atoms with van der Waals surface area (Å²) in [5.41, 5.74) is 1.62. The van der Waals surface area contributed by atoms with Crippen LogP contribution in [0.5, 0.6) is 0 Å². The summed E-state index contributed by atoms with van der Waals surface area (Å²) >= 11 is 0. The van der Waals surface area contributed by atoms with Crippen molar-refractivity contribution >= 4 is 22.7 Å². The Hall–Kier alpha value is -2.44. The van der Waals surface area contributed by atoms with E-state index in [2.05, 4.69) is 20.2 Å². The third kappa shape index (κ3) is 3.06. The van der Waals surface area contributed by atoms with Crippen LogP contribution in [-0.2, 0) is 9.53 Å². The van der Waals surface area contributed by atoms with Crippen molar-refractivity contribution < 1.29 is 9.53 Å². The number of esters is 1. The minimum absolute atomic E-state index is 0.274. The Morgan fingerprint density at radius 2 is 2.11 bits per heavy atom. The Labute approximate surface area is 108 Å². The first-order chi connectivity index (χ1) is 9.10. The number of carbonyl (C=O) groups excluding carboxylic acids is 1. The fraction of sp³-hybridized carbons (Fsp3) is 0.333. The van der Waals surface area contributed by atoms with E-state index in [-0.39, 0.29) is 5.69 Å². The lowest BCUT2D eigenvalue weighted by molar-refractivity contribution is -0.144. The molecule has 0 aliphatic rings. The Morgan fingerprint density at radius 1 is 1.37 bits per heavy atom. The van der Waals surface area contributed by atoms with Crippen molar-refractivity contribution in [3.63, 3.8) is 0 Å². The zero-order valence-corrected chi connectivity index (χ0v) is 10.6. The van der Waals surface area contributed by atoms with Gasteiger partial charge in [-0.05, 0) is 32.0 Å². The summed E-state index contributed by atoms with van der Waals surface area (Å²) in [7, 11) is 0. The summed E-state index contributed by atoms with van der Waals surface area (Å²) in [6.07, 6.45) is 0. The normalized spacial score (nSPS) is 12.9. The third-order valence-corrected chi connectivity index (χ3v) is 2.47. The minimum atomic E-state index is -0.652. The molecular formula is C12H14N4O3. The van der Waals surface area contributed by atoms with Gasteiger partial charge in [0, 0.05) is 0 Å². The SMILES string of the molecule is CCOC(=O)C(C)N=Nc1ccc2[nH]c(=O)[nH]c2c1. The zero-order valence-electron chi connectivity index (χ0n) is 10.6. The number of azo groups is 1. The van der Waals surface area contributed by atoms with E-state index in [4.69, 9.17) is 4.74 Å². The van der Waals surface area contributed by atoms with Gasteiger partial charge in [-0.2, -0.15) is 10.2 Å². The van der Waals surface area contributed by atoms with Crippen LogP contribution in [-0.4, -0.2) is 28.6 Å². The molecular weight excluding hydrogens is 248 g/mol. The molecule has 0 radical (unpaired) electrons. The molecule has 0 saturated carbocycles. The van der Waals surface area contributed by atoms with Gasteiger partial charge in [-0.25, -0.2) is 9.59 Å². The first-order valence-corrected chi connectivity index (χ1v) is 5.89. The molecule has 19 heavy (non-hydrogen) atoms. The largest absolute Gasteiger partial charge is 0.464 e. The van der Waals surface area contributed by atoms with Gasteiger partial charge in [0.15, 0.2) is 6.04 Å². The molecule has 0 bridgehead atoms. The van der Waals surface area contributed by atoms with Crippen molar-refractivity contribution in [2.45, 2.75) is 19.9 Å². The van der Waals surface area contributed by atoms with E-state index in [1.165, 1.54) is 0 Å². The molecule has 7 heteroatoms. The number of imidazole rings is 1. The van der Waals surface area contributed by atoms with E-state index in [1.807, 2.05) is 0 Å². The van der Waals surface area contributed by atoms with E-state index >= 15 is 0 Å². The van der Waals surface area contributed by atoms with E-state index in [1.54, 1.807) is 32.0 Å². The van der Waals surface area contributed by atoms with Gasteiger partial charge in [0.05, 0.1) is 23.3 Å². The highest BCUT2D eigenvalue weighted by molar-refractivity contribution is 5.78. The average molecular weight is 262 g/mol. The number of nitrogens with zero attached hydrogens (tertiary/aromatic N) is 2. The number of aromatic nitrogens is 2. The topological polar surface area (TPSA) is 99.7 Å². The summed E-state index contributed by atoms with van der Waals surface area (Å²) in [4.78, 5) is 27.7. The van der Waals surface area contributed by atoms with Gasteiger partial charge >= 0.3 is 11.7 Å². The Balaban J connectivity index is 2.16. The summed E-state index contributed by atoms with van der Waals surface area (Å²) in [5, 5.41) is 7.83. The lowest BCUT2D eigenvalue weighted by Crippen LogP contribution is -2.17. The second-order valence-electron chi connectivity index (χ2n) is 3.95. The minimum Gasteiger partial charge on any atom is -0.464 e. The van der Waals surface area contributed by atoms with Crippen LogP contribution in [0.3, 0.4) is 0 Å². The van der Waals surface area contributed by atoms with E-state index in [0.29, 0.717) is 23.3 Å². The fourth-order valence-corrected chi connectivity index (χ4v) is 1.55.